The molecule has 2 rings (SSSR count). The molecule has 0 bridgehead atoms. The van der Waals surface area contributed by atoms with Gasteiger partial charge in [-0.15, -0.1) is 0 Å². The molecule has 116 valence electrons. The molecule has 1 heterocycles. The van der Waals surface area contributed by atoms with Crippen molar-refractivity contribution in [3.63, 3.8) is 0 Å². The van der Waals surface area contributed by atoms with Gasteiger partial charge >= 0.3 is 0 Å². The number of nitrogens with two attached hydrogens (primary N) is 2. The highest BCUT2D eigenvalue weighted by atomic mass is 32.1. The molecular weight excluding hydrogens is 309 g/mol. The van der Waals surface area contributed by atoms with Crippen LogP contribution in [0.4, 0.5) is 20.8 Å². The van der Waals surface area contributed by atoms with Crippen LogP contribution in [0.3, 0.4) is 0 Å². The third kappa shape index (κ3) is 3.70. The fourth-order valence-electron chi connectivity index (χ4n) is 1.75. The van der Waals surface area contributed by atoms with Crippen molar-refractivity contribution in [2.75, 3.05) is 17.2 Å². The zero-order valence-corrected chi connectivity index (χ0v) is 12.5. The maximum absolute atomic E-state index is 13.9. The number of anilines is 3. The number of carbonyl (C=O) groups excluding carboxylic acids is 2. The number of halogens is 1. The molecule has 9 heteroatoms. The van der Waals surface area contributed by atoms with Crippen LogP contribution in [0.2, 0.25) is 0 Å². The first-order valence-corrected chi connectivity index (χ1v) is 7.00. The van der Waals surface area contributed by atoms with Crippen LogP contribution in [0.25, 0.3) is 0 Å². The van der Waals surface area contributed by atoms with Gasteiger partial charge in [-0.3, -0.25) is 9.59 Å². The quantitative estimate of drug-likeness (QED) is 0.638. The molecule has 0 aliphatic rings. The van der Waals surface area contributed by atoms with Gasteiger partial charge < -0.3 is 22.1 Å². The number of benzene rings is 1. The summed E-state index contributed by atoms with van der Waals surface area (Å²) in [6, 6.07) is 4.13. The molecule has 0 atom stereocenters. The fourth-order valence-corrected chi connectivity index (χ4v) is 2.43. The van der Waals surface area contributed by atoms with Crippen LogP contribution in [-0.4, -0.2) is 22.7 Å². The van der Waals surface area contributed by atoms with Crippen LogP contribution in [0, 0.1) is 12.7 Å². The molecule has 7 nitrogen and oxygen atoms in total. The maximum atomic E-state index is 13.9. The van der Waals surface area contributed by atoms with Gasteiger partial charge in [-0.25, -0.2) is 4.39 Å². The van der Waals surface area contributed by atoms with Gasteiger partial charge in [-0.1, -0.05) is 0 Å². The summed E-state index contributed by atoms with van der Waals surface area (Å²) in [7, 11) is 0. The maximum Gasteiger partial charge on any atom is 0.250 e. The monoisotopic (exact) mass is 323 g/mol. The molecule has 0 saturated heterocycles. The minimum absolute atomic E-state index is 0.00632. The van der Waals surface area contributed by atoms with Gasteiger partial charge in [0.1, 0.15) is 10.8 Å². The Morgan fingerprint density at radius 1 is 1.27 bits per heavy atom. The number of aromatic nitrogens is 1. The van der Waals surface area contributed by atoms with E-state index in [9.17, 15) is 14.0 Å². The average molecular weight is 323 g/mol. The average Bonchev–Trinajstić information content (AvgIpc) is 2.83. The lowest BCUT2D eigenvalue weighted by molar-refractivity contribution is -0.116. The Hall–Kier alpha value is -2.68. The van der Waals surface area contributed by atoms with E-state index in [-0.39, 0.29) is 17.8 Å². The minimum Gasteiger partial charge on any atom is -0.374 e. The summed E-state index contributed by atoms with van der Waals surface area (Å²) in [5.74, 6) is -2.11. The molecule has 0 unspecified atom stereocenters. The molecule has 2 amide bonds. The highest BCUT2D eigenvalue weighted by Gasteiger charge is 2.15. The Morgan fingerprint density at radius 2 is 2.00 bits per heavy atom. The summed E-state index contributed by atoms with van der Waals surface area (Å²) in [6.45, 7) is 1.59. The second kappa shape index (κ2) is 6.39. The predicted octanol–water partition coefficient (Wildman–Crippen LogP) is 1.33. The van der Waals surface area contributed by atoms with Crippen molar-refractivity contribution in [3.8, 4) is 0 Å². The standard InChI is InChI=1S/C13H14FN5O2S/c1-6-2-12(22-19-6)18-9-4-10(17-5-11(15)20)8(14)3-7(9)13(16)21/h2-4,17-18H,5H2,1H3,(H2,15,20)(H2,16,21). The van der Waals surface area contributed by atoms with Crippen LogP contribution in [0.15, 0.2) is 18.2 Å². The number of aryl methyl sites for hydroxylation is 1. The second-order valence-electron chi connectivity index (χ2n) is 4.52. The number of hydrogen-bond acceptors (Lipinski definition) is 6. The summed E-state index contributed by atoms with van der Waals surface area (Å²) in [5.41, 5.74) is 11.4. The zero-order chi connectivity index (χ0) is 16.3. The van der Waals surface area contributed by atoms with Crippen LogP contribution in [0.1, 0.15) is 16.1 Å². The van der Waals surface area contributed by atoms with E-state index in [0.717, 1.165) is 11.8 Å². The lowest BCUT2D eigenvalue weighted by Gasteiger charge is -2.12. The van der Waals surface area contributed by atoms with Gasteiger partial charge in [0.2, 0.25) is 5.91 Å². The Morgan fingerprint density at radius 3 is 2.55 bits per heavy atom. The first-order valence-electron chi connectivity index (χ1n) is 6.22. The number of nitrogens with one attached hydrogen (secondary N) is 2. The lowest BCUT2D eigenvalue weighted by atomic mass is 10.1. The fraction of sp³-hybridized carbons (Fsp3) is 0.154. The molecule has 6 N–H and O–H groups in total. The third-order valence-corrected chi connectivity index (χ3v) is 3.51. The molecule has 0 radical (unpaired) electrons. The third-order valence-electron chi connectivity index (χ3n) is 2.71. The summed E-state index contributed by atoms with van der Waals surface area (Å²) in [4.78, 5) is 22.2. The van der Waals surface area contributed by atoms with Crippen molar-refractivity contribution in [1.29, 1.82) is 0 Å². The van der Waals surface area contributed by atoms with Crippen LogP contribution < -0.4 is 22.1 Å². The molecule has 0 aliphatic heterocycles. The molecule has 0 saturated carbocycles. The van der Waals surface area contributed by atoms with E-state index in [1.54, 1.807) is 6.07 Å². The Labute approximate surface area is 129 Å². The van der Waals surface area contributed by atoms with Gasteiger partial charge in [0, 0.05) is 0 Å². The van der Waals surface area contributed by atoms with Gasteiger partial charge in [0.05, 0.1) is 29.2 Å². The van der Waals surface area contributed by atoms with E-state index in [1.165, 1.54) is 17.6 Å². The molecule has 1 aromatic carbocycles. The van der Waals surface area contributed by atoms with Crippen molar-refractivity contribution in [2.45, 2.75) is 6.92 Å². The summed E-state index contributed by atoms with van der Waals surface area (Å²) in [5, 5.41) is 6.19. The van der Waals surface area contributed by atoms with Gasteiger partial charge in [0.15, 0.2) is 0 Å². The first kappa shape index (κ1) is 15.7. The Bertz CT molecular complexity index is 731. The first-order chi connectivity index (χ1) is 10.4. The highest BCUT2D eigenvalue weighted by molar-refractivity contribution is 7.10. The van der Waals surface area contributed by atoms with Crippen LogP contribution >= 0.6 is 11.5 Å². The predicted molar refractivity (Wildman–Crippen MR) is 82.7 cm³/mol. The smallest absolute Gasteiger partial charge is 0.250 e. The number of primary amides is 2. The Balaban J connectivity index is 2.37. The number of hydrogen-bond donors (Lipinski definition) is 4. The highest BCUT2D eigenvalue weighted by Crippen LogP contribution is 2.29. The van der Waals surface area contributed by atoms with E-state index >= 15 is 0 Å². The van der Waals surface area contributed by atoms with E-state index < -0.39 is 17.6 Å². The lowest BCUT2D eigenvalue weighted by Crippen LogP contribution is -2.22. The van der Waals surface area contributed by atoms with Crippen molar-refractivity contribution in [1.82, 2.24) is 4.37 Å². The van der Waals surface area contributed by atoms with Crippen molar-refractivity contribution in [2.24, 2.45) is 11.5 Å². The van der Waals surface area contributed by atoms with Crippen molar-refractivity contribution >= 4 is 39.7 Å². The van der Waals surface area contributed by atoms with Crippen LogP contribution in [-0.2, 0) is 4.79 Å². The normalized spacial score (nSPS) is 10.3. The number of amides is 2. The zero-order valence-electron chi connectivity index (χ0n) is 11.6. The second-order valence-corrected chi connectivity index (χ2v) is 5.32. The summed E-state index contributed by atoms with van der Waals surface area (Å²) >= 11 is 1.19. The Kier molecular flexibility index (Phi) is 4.56. The minimum atomic E-state index is -0.774. The molecular formula is C13H14FN5O2S. The van der Waals surface area contributed by atoms with Gasteiger partial charge in [-0.2, -0.15) is 4.37 Å². The van der Waals surface area contributed by atoms with Gasteiger partial charge in [0.25, 0.3) is 5.91 Å². The number of rotatable bonds is 6. The van der Waals surface area contributed by atoms with E-state index in [1.807, 2.05) is 6.92 Å². The number of carbonyl (C=O) groups is 2. The van der Waals surface area contributed by atoms with Gasteiger partial charge in [-0.05, 0) is 36.7 Å². The van der Waals surface area contributed by atoms with E-state index in [4.69, 9.17) is 11.5 Å². The van der Waals surface area contributed by atoms with Crippen molar-refractivity contribution < 1.29 is 14.0 Å². The van der Waals surface area contributed by atoms with Crippen LogP contribution in [0.5, 0.6) is 0 Å². The topological polar surface area (TPSA) is 123 Å². The summed E-state index contributed by atoms with van der Waals surface area (Å²) < 4.78 is 18.0. The number of nitrogens with zero attached hydrogens (tertiary/aromatic N) is 1. The van der Waals surface area contributed by atoms with Crippen molar-refractivity contribution in [3.05, 3.63) is 35.3 Å². The molecule has 0 spiro atoms. The molecule has 22 heavy (non-hydrogen) atoms. The largest absolute Gasteiger partial charge is 0.374 e. The SMILES string of the molecule is Cc1cc(Nc2cc(NCC(N)=O)c(F)cc2C(N)=O)sn1. The molecule has 1 aromatic heterocycles. The van der Waals surface area contributed by atoms with E-state index in [0.29, 0.717) is 10.7 Å². The van der Waals surface area contributed by atoms with E-state index in [2.05, 4.69) is 15.0 Å². The molecule has 2 aromatic rings. The molecule has 0 aliphatic carbocycles. The summed E-state index contributed by atoms with van der Waals surface area (Å²) in [6.07, 6.45) is 0. The molecule has 0 fully saturated rings.